The molecule has 3 rings (SSSR count). The van der Waals surface area contributed by atoms with Crippen molar-refractivity contribution in [3.8, 4) is 0 Å². The average Bonchev–Trinajstić information content (AvgIpc) is 3.12. The Bertz CT molecular complexity index is 895. The zero-order valence-corrected chi connectivity index (χ0v) is 16.7. The normalized spacial score (nSPS) is 19.6. The highest BCUT2D eigenvalue weighted by atomic mass is 16.4. The number of carbonyl (C=O) groups is 3. The molecule has 6 heteroatoms. The summed E-state index contributed by atoms with van der Waals surface area (Å²) in [6.45, 7) is 4.22. The summed E-state index contributed by atoms with van der Waals surface area (Å²) in [5, 5.41) is 12.4. The average molecular weight is 394 g/mol. The van der Waals surface area contributed by atoms with E-state index in [-0.39, 0.29) is 24.8 Å². The van der Waals surface area contributed by atoms with E-state index in [4.69, 9.17) is 0 Å². The van der Waals surface area contributed by atoms with Gasteiger partial charge in [-0.3, -0.25) is 14.4 Å². The van der Waals surface area contributed by atoms with Crippen LogP contribution >= 0.6 is 0 Å². The van der Waals surface area contributed by atoms with Gasteiger partial charge in [-0.1, -0.05) is 48.0 Å². The molecule has 0 aliphatic carbocycles. The summed E-state index contributed by atoms with van der Waals surface area (Å²) < 4.78 is 0. The number of aliphatic carboxylic acids is 1. The summed E-state index contributed by atoms with van der Waals surface area (Å²) >= 11 is 0. The maximum Gasteiger partial charge on any atom is 0.311 e. The van der Waals surface area contributed by atoms with Gasteiger partial charge in [0.05, 0.1) is 17.9 Å². The van der Waals surface area contributed by atoms with Crippen LogP contribution in [0.25, 0.3) is 0 Å². The summed E-state index contributed by atoms with van der Waals surface area (Å²) in [5.41, 5.74) is 1.51. The van der Waals surface area contributed by atoms with Crippen molar-refractivity contribution in [2.24, 2.45) is 5.41 Å². The minimum absolute atomic E-state index is 0.0807. The van der Waals surface area contributed by atoms with E-state index in [0.717, 1.165) is 11.1 Å². The Morgan fingerprint density at radius 3 is 2.34 bits per heavy atom. The number of hydrogen-bond acceptors (Lipinski definition) is 3. The highest BCUT2D eigenvalue weighted by Crippen LogP contribution is 2.31. The van der Waals surface area contributed by atoms with E-state index in [1.54, 1.807) is 24.0 Å². The van der Waals surface area contributed by atoms with E-state index in [2.05, 4.69) is 5.32 Å². The molecule has 1 aliphatic rings. The van der Waals surface area contributed by atoms with Crippen LogP contribution in [-0.2, 0) is 9.59 Å². The highest BCUT2D eigenvalue weighted by Gasteiger charge is 2.42. The Hall–Kier alpha value is -3.15. The molecule has 2 atom stereocenters. The summed E-state index contributed by atoms with van der Waals surface area (Å²) in [6, 6.07) is 16.1. The molecule has 0 bridgehead atoms. The van der Waals surface area contributed by atoms with Gasteiger partial charge in [-0.05, 0) is 38.0 Å². The number of rotatable bonds is 6. The lowest BCUT2D eigenvalue weighted by molar-refractivity contribution is -0.147. The number of hydrogen-bond donors (Lipinski definition) is 2. The largest absolute Gasteiger partial charge is 0.481 e. The third kappa shape index (κ3) is 4.83. The standard InChI is InChI=1S/C23H26N2O4/c1-16-8-10-18(11-9-16)21(27)24-19(17-6-4-3-5-7-17)14-20(26)25-13-12-23(2,15-25)22(28)29/h3-11,19H,12-15H2,1-2H3,(H,24,27)(H,28,29). The van der Waals surface area contributed by atoms with Crippen LogP contribution in [0.5, 0.6) is 0 Å². The summed E-state index contributed by atoms with van der Waals surface area (Å²) in [7, 11) is 0. The molecule has 1 heterocycles. The van der Waals surface area contributed by atoms with Crippen LogP contribution in [0.2, 0.25) is 0 Å². The van der Waals surface area contributed by atoms with Crippen molar-refractivity contribution in [3.63, 3.8) is 0 Å². The predicted octanol–water partition coefficient (Wildman–Crippen LogP) is 3.18. The van der Waals surface area contributed by atoms with Gasteiger partial charge in [0, 0.05) is 18.7 Å². The first-order valence-electron chi connectivity index (χ1n) is 9.72. The number of amides is 2. The van der Waals surface area contributed by atoms with Crippen molar-refractivity contribution < 1.29 is 19.5 Å². The molecular weight excluding hydrogens is 368 g/mol. The summed E-state index contributed by atoms with van der Waals surface area (Å²) in [5.74, 6) is -1.29. The van der Waals surface area contributed by atoms with Crippen LogP contribution in [0.3, 0.4) is 0 Å². The van der Waals surface area contributed by atoms with Crippen LogP contribution in [0.4, 0.5) is 0 Å². The maximum atomic E-state index is 12.9. The zero-order valence-electron chi connectivity index (χ0n) is 16.7. The van der Waals surface area contributed by atoms with E-state index in [0.29, 0.717) is 18.5 Å². The van der Waals surface area contributed by atoms with E-state index in [1.807, 2.05) is 49.4 Å². The molecule has 29 heavy (non-hydrogen) atoms. The third-order valence-corrected chi connectivity index (χ3v) is 5.54. The van der Waals surface area contributed by atoms with Gasteiger partial charge in [-0.2, -0.15) is 0 Å². The van der Waals surface area contributed by atoms with Gasteiger partial charge in [-0.15, -0.1) is 0 Å². The molecule has 152 valence electrons. The Balaban J connectivity index is 1.74. The minimum atomic E-state index is -0.914. The minimum Gasteiger partial charge on any atom is -0.481 e. The Labute approximate surface area is 170 Å². The lowest BCUT2D eigenvalue weighted by atomic mass is 9.90. The highest BCUT2D eigenvalue weighted by molar-refractivity contribution is 5.95. The van der Waals surface area contributed by atoms with Gasteiger partial charge in [0.15, 0.2) is 0 Å². The molecule has 2 unspecified atom stereocenters. The maximum absolute atomic E-state index is 12.9. The fourth-order valence-corrected chi connectivity index (χ4v) is 3.54. The molecular formula is C23H26N2O4. The van der Waals surface area contributed by atoms with E-state index >= 15 is 0 Å². The number of carbonyl (C=O) groups excluding carboxylic acids is 2. The third-order valence-electron chi connectivity index (χ3n) is 5.54. The monoisotopic (exact) mass is 394 g/mol. The molecule has 0 aromatic heterocycles. The van der Waals surface area contributed by atoms with Crippen LogP contribution < -0.4 is 5.32 Å². The van der Waals surface area contributed by atoms with Crippen molar-refractivity contribution in [1.82, 2.24) is 10.2 Å². The second-order valence-electron chi connectivity index (χ2n) is 7.94. The van der Waals surface area contributed by atoms with Crippen molar-refractivity contribution in [2.75, 3.05) is 13.1 Å². The van der Waals surface area contributed by atoms with Crippen LogP contribution in [0.15, 0.2) is 54.6 Å². The molecule has 6 nitrogen and oxygen atoms in total. The fourth-order valence-electron chi connectivity index (χ4n) is 3.54. The molecule has 0 radical (unpaired) electrons. The van der Waals surface area contributed by atoms with Gasteiger partial charge in [-0.25, -0.2) is 0 Å². The smallest absolute Gasteiger partial charge is 0.311 e. The number of carboxylic acids is 1. The Kier molecular flexibility index (Phi) is 6.01. The molecule has 2 aromatic rings. The zero-order chi connectivity index (χ0) is 21.0. The van der Waals surface area contributed by atoms with E-state index in [9.17, 15) is 19.5 Å². The number of carboxylic acid groups (broad SMARTS) is 1. The van der Waals surface area contributed by atoms with E-state index in [1.165, 1.54) is 0 Å². The first kappa shape index (κ1) is 20.6. The quantitative estimate of drug-likeness (QED) is 0.788. The Morgan fingerprint density at radius 1 is 1.10 bits per heavy atom. The number of nitrogens with one attached hydrogen (secondary N) is 1. The number of benzene rings is 2. The van der Waals surface area contributed by atoms with E-state index < -0.39 is 17.4 Å². The summed E-state index contributed by atoms with van der Waals surface area (Å²) in [4.78, 5) is 38.7. The van der Waals surface area contributed by atoms with Gasteiger partial charge >= 0.3 is 5.97 Å². The van der Waals surface area contributed by atoms with Crippen LogP contribution in [0.1, 0.15) is 47.3 Å². The molecule has 1 aliphatic heterocycles. The number of aryl methyl sites for hydroxylation is 1. The fraction of sp³-hybridized carbons (Fsp3) is 0.348. The van der Waals surface area contributed by atoms with Gasteiger partial charge in [0.25, 0.3) is 5.91 Å². The van der Waals surface area contributed by atoms with Gasteiger partial charge in [0.2, 0.25) is 5.91 Å². The van der Waals surface area contributed by atoms with Crippen molar-refractivity contribution in [1.29, 1.82) is 0 Å². The number of nitrogens with zero attached hydrogens (tertiary/aromatic N) is 1. The first-order chi connectivity index (χ1) is 13.8. The molecule has 0 spiro atoms. The molecule has 2 amide bonds. The summed E-state index contributed by atoms with van der Waals surface area (Å²) in [6.07, 6.45) is 0.511. The topological polar surface area (TPSA) is 86.7 Å². The Morgan fingerprint density at radius 2 is 1.76 bits per heavy atom. The first-order valence-corrected chi connectivity index (χ1v) is 9.72. The predicted molar refractivity (Wildman–Crippen MR) is 109 cm³/mol. The number of likely N-dealkylation sites (tertiary alicyclic amines) is 1. The second kappa shape index (κ2) is 8.47. The van der Waals surface area contributed by atoms with Crippen molar-refractivity contribution in [2.45, 2.75) is 32.7 Å². The molecule has 0 saturated carbocycles. The van der Waals surface area contributed by atoms with Crippen molar-refractivity contribution >= 4 is 17.8 Å². The SMILES string of the molecule is Cc1ccc(C(=O)NC(CC(=O)N2CCC(C)(C(=O)O)C2)c2ccccc2)cc1. The lowest BCUT2D eigenvalue weighted by Gasteiger charge is -2.24. The van der Waals surface area contributed by atoms with Crippen LogP contribution in [0, 0.1) is 12.3 Å². The van der Waals surface area contributed by atoms with Gasteiger partial charge < -0.3 is 15.3 Å². The van der Waals surface area contributed by atoms with Gasteiger partial charge in [0.1, 0.15) is 0 Å². The lowest BCUT2D eigenvalue weighted by Crippen LogP contribution is -2.38. The van der Waals surface area contributed by atoms with Crippen LogP contribution in [-0.4, -0.2) is 40.9 Å². The second-order valence-corrected chi connectivity index (χ2v) is 7.94. The van der Waals surface area contributed by atoms with Crippen molar-refractivity contribution in [3.05, 3.63) is 71.3 Å². The molecule has 2 N–H and O–H groups in total. The molecule has 2 aromatic carbocycles. The molecule has 1 fully saturated rings. The molecule has 1 saturated heterocycles.